The number of aliphatic hydroxyl groups is 1. The summed E-state index contributed by atoms with van der Waals surface area (Å²) in [5, 5.41) is 27.0. The molecule has 2 aliphatic carbocycles. The summed E-state index contributed by atoms with van der Waals surface area (Å²) in [4.78, 5) is 24.9. The number of carbonyl (C=O) groups is 2. The smallest absolute Gasteiger partial charge is 0.320 e. The van der Waals surface area contributed by atoms with E-state index < -0.39 is 41.0 Å². The van der Waals surface area contributed by atoms with Gasteiger partial charge < -0.3 is 20.8 Å². The summed E-state index contributed by atoms with van der Waals surface area (Å²) in [6.45, 7) is 3.87. The Bertz CT molecular complexity index is 1190. The van der Waals surface area contributed by atoms with E-state index >= 15 is 0 Å². The first kappa shape index (κ1) is 28.7. The summed E-state index contributed by atoms with van der Waals surface area (Å²) in [7, 11) is 0. The minimum Gasteiger partial charge on any atom is -0.480 e. The van der Waals surface area contributed by atoms with Crippen molar-refractivity contribution in [2.45, 2.75) is 61.3 Å². The van der Waals surface area contributed by atoms with Crippen LogP contribution in [-0.2, 0) is 4.79 Å². The van der Waals surface area contributed by atoms with Crippen LogP contribution >= 0.6 is 23.4 Å². The van der Waals surface area contributed by atoms with Crippen molar-refractivity contribution in [1.29, 1.82) is 0 Å². The van der Waals surface area contributed by atoms with E-state index in [0.29, 0.717) is 34.9 Å². The fraction of sp³-hybridized carbons (Fsp3) is 0.481. The fourth-order valence-corrected chi connectivity index (χ4v) is 7.27. The molecule has 38 heavy (non-hydrogen) atoms. The average molecular weight is 571 g/mol. The molecule has 2 aliphatic rings. The largest absolute Gasteiger partial charge is 0.480 e. The number of carbonyl (C=O) groups excluding carboxylic acids is 1. The van der Waals surface area contributed by atoms with E-state index in [1.165, 1.54) is 17.8 Å². The second-order valence-corrected chi connectivity index (χ2v) is 12.2. The molecule has 2 fully saturated rings. The highest BCUT2D eigenvalue weighted by atomic mass is 35.5. The summed E-state index contributed by atoms with van der Waals surface area (Å²) in [6.07, 6.45) is 3.11. The number of carboxylic acids is 1. The zero-order valence-electron chi connectivity index (χ0n) is 20.9. The molecular weight excluding hydrogens is 541 g/mol. The number of anilines is 1. The van der Waals surface area contributed by atoms with E-state index in [-0.39, 0.29) is 40.8 Å². The molecule has 2 aromatic carbocycles. The van der Waals surface area contributed by atoms with Crippen LogP contribution in [-0.4, -0.2) is 45.5 Å². The van der Waals surface area contributed by atoms with Crippen LogP contribution < -0.4 is 10.6 Å². The van der Waals surface area contributed by atoms with Crippen molar-refractivity contribution < 1.29 is 33.0 Å². The number of aliphatic carboxylic acids is 1. The van der Waals surface area contributed by atoms with Crippen LogP contribution in [0, 0.1) is 35.2 Å². The van der Waals surface area contributed by atoms with Crippen molar-refractivity contribution in [2.24, 2.45) is 17.8 Å². The molecular formula is C27H30ClF3N2O4S. The van der Waals surface area contributed by atoms with Gasteiger partial charge in [0.15, 0.2) is 17.5 Å². The highest BCUT2D eigenvalue weighted by Crippen LogP contribution is 2.53. The summed E-state index contributed by atoms with van der Waals surface area (Å²) in [5.41, 5.74) is -0.977. The van der Waals surface area contributed by atoms with E-state index in [0.717, 1.165) is 12.8 Å². The second kappa shape index (κ2) is 11.5. The maximum Gasteiger partial charge on any atom is 0.320 e. The summed E-state index contributed by atoms with van der Waals surface area (Å²) >= 11 is 7.93. The van der Waals surface area contributed by atoms with Gasteiger partial charge in [-0.2, -0.15) is 0 Å². The van der Waals surface area contributed by atoms with Gasteiger partial charge in [0, 0.05) is 40.1 Å². The van der Waals surface area contributed by atoms with Gasteiger partial charge in [0.2, 0.25) is 0 Å². The quantitative estimate of drug-likeness (QED) is 0.288. The van der Waals surface area contributed by atoms with Crippen molar-refractivity contribution in [1.82, 2.24) is 5.32 Å². The minimum absolute atomic E-state index is 0.00128. The Morgan fingerprint density at radius 1 is 1.11 bits per heavy atom. The monoisotopic (exact) mass is 570 g/mol. The molecule has 2 aromatic rings. The highest BCUT2D eigenvalue weighted by molar-refractivity contribution is 8.00. The van der Waals surface area contributed by atoms with E-state index in [1.807, 2.05) is 13.8 Å². The first-order valence-electron chi connectivity index (χ1n) is 12.5. The molecule has 206 valence electrons. The van der Waals surface area contributed by atoms with Crippen molar-refractivity contribution in [3.8, 4) is 0 Å². The van der Waals surface area contributed by atoms with Crippen molar-refractivity contribution in [2.75, 3.05) is 11.9 Å². The Hall–Kier alpha value is -2.27. The normalized spacial score (nSPS) is 25.4. The van der Waals surface area contributed by atoms with Crippen molar-refractivity contribution >= 4 is 40.9 Å². The molecule has 2 bridgehead atoms. The number of thioether (sulfide) groups is 1. The maximum atomic E-state index is 13.5. The summed E-state index contributed by atoms with van der Waals surface area (Å²) in [5.74, 6) is -6.10. The first-order valence-corrected chi connectivity index (χ1v) is 13.8. The number of carboxylic acid groups (broad SMARTS) is 1. The molecule has 4 N–H and O–H groups in total. The third kappa shape index (κ3) is 5.98. The van der Waals surface area contributed by atoms with Gasteiger partial charge in [-0.1, -0.05) is 25.4 Å². The van der Waals surface area contributed by atoms with Gasteiger partial charge in [-0.05, 0) is 61.6 Å². The Balaban J connectivity index is 1.43. The highest BCUT2D eigenvalue weighted by Gasteiger charge is 2.53. The Morgan fingerprint density at radius 3 is 2.26 bits per heavy atom. The topological polar surface area (TPSA) is 98.7 Å². The van der Waals surface area contributed by atoms with Gasteiger partial charge in [-0.15, -0.1) is 11.8 Å². The summed E-state index contributed by atoms with van der Waals surface area (Å²) < 4.78 is 40.3. The molecule has 4 rings (SSSR count). The van der Waals surface area contributed by atoms with E-state index in [9.17, 15) is 33.0 Å². The molecule has 0 radical (unpaired) electrons. The van der Waals surface area contributed by atoms with Crippen molar-refractivity contribution in [3.05, 3.63) is 58.4 Å². The lowest BCUT2D eigenvalue weighted by Gasteiger charge is -2.43. The van der Waals surface area contributed by atoms with Crippen LogP contribution in [0.4, 0.5) is 18.9 Å². The second-order valence-electron chi connectivity index (χ2n) is 10.5. The Labute approximate surface area is 228 Å². The van der Waals surface area contributed by atoms with E-state index in [4.69, 9.17) is 11.6 Å². The molecule has 0 aromatic heterocycles. The maximum absolute atomic E-state index is 13.5. The molecule has 6 nitrogen and oxygen atoms in total. The number of hydrogen-bond donors (Lipinski definition) is 4. The molecule has 11 heteroatoms. The fourth-order valence-electron chi connectivity index (χ4n) is 5.62. The zero-order chi connectivity index (χ0) is 27.8. The molecule has 0 aliphatic heterocycles. The minimum atomic E-state index is -1.61. The van der Waals surface area contributed by atoms with Gasteiger partial charge in [-0.25, -0.2) is 13.2 Å². The molecule has 0 heterocycles. The van der Waals surface area contributed by atoms with Crippen LogP contribution in [0.2, 0.25) is 5.02 Å². The van der Waals surface area contributed by atoms with Crippen LogP contribution in [0.5, 0.6) is 0 Å². The molecule has 0 spiro atoms. The van der Waals surface area contributed by atoms with Crippen LogP contribution in [0.15, 0.2) is 35.2 Å². The Morgan fingerprint density at radius 2 is 1.71 bits per heavy atom. The lowest BCUT2D eigenvalue weighted by atomic mass is 9.74. The van der Waals surface area contributed by atoms with Crippen LogP contribution in [0.3, 0.4) is 0 Å². The standard InChI is InChI=1S/C27H30ClF3N2O4S/c1-13(2)24(26(35)36)32-12-27(37)15-4-5-16(27)9-18(8-15)38-22-7-14(3-6-19(22)28)25(34)33-17-10-20(29)23(31)21(30)11-17/h3,6-7,10-11,13,15-16,18,24,32,37H,4-5,8-9,12H2,1-2H3,(H,33,34)(H,35,36)/t15-,16?,18-,24-,27-/m0/s1. The van der Waals surface area contributed by atoms with Gasteiger partial charge in [0.05, 0.1) is 10.6 Å². The number of nitrogens with one attached hydrogen (secondary N) is 2. The number of amides is 1. The van der Waals surface area contributed by atoms with Crippen LogP contribution in [0.1, 0.15) is 49.9 Å². The average Bonchev–Trinajstić information content (AvgIpc) is 3.00. The molecule has 1 unspecified atom stereocenters. The van der Waals surface area contributed by atoms with E-state index in [1.54, 1.807) is 12.1 Å². The molecule has 1 amide bonds. The van der Waals surface area contributed by atoms with Gasteiger partial charge in [-0.3, -0.25) is 9.59 Å². The number of benzene rings is 2. The predicted molar refractivity (Wildman–Crippen MR) is 140 cm³/mol. The molecule has 0 saturated heterocycles. The lowest BCUT2D eigenvalue weighted by molar-refractivity contribution is -0.141. The number of halogens is 4. The van der Waals surface area contributed by atoms with Gasteiger partial charge >= 0.3 is 5.97 Å². The Kier molecular flexibility index (Phi) is 8.66. The predicted octanol–water partition coefficient (Wildman–Crippen LogP) is 5.72. The van der Waals surface area contributed by atoms with Gasteiger partial charge in [0.1, 0.15) is 6.04 Å². The third-order valence-electron chi connectivity index (χ3n) is 7.64. The van der Waals surface area contributed by atoms with Gasteiger partial charge in [0.25, 0.3) is 5.91 Å². The van der Waals surface area contributed by atoms with Crippen molar-refractivity contribution in [3.63, 3.8) is 0 Å². The first-order chi connectivity index (χ1) is 17.9. The molecule has 2 saturated carbocycles. The lowest BCUT2D eigenvalue weighted by Crippen LogP contribution is -2.56. The molecule has 5 atom stereocenters. The van der Waals surface area contributed by atoms with Crippen LogP contribution in [0.25, 0.3) is 0 Å². The van der Waals surface area contributed by atoms with E-state index in [2.05, 4.69) is 10.6 Å². The number of fused-ring (bicyclic) bond motifs is 2. The SMILES string of the molecule is CC(C)[C@H](NC[C@@]1(O)C2CC[C@H]1C[C@H](Sc1cc(C(=O)Nc3cc(F)c(F)c(F)c3)ccc1Cl)C2)C(=O)O. The number of hydrogen-bond acceptors (Lipinski definition) is 5. The third-order valence-corrected chi connectivity index (χ3v) is 9.39. The number of rotatable bonds is 9. The zero-order valence-corrected chi connectivity index (χ0v) is 22.5. The summed E-state index contributed by atoms with van der Waals surface area (Å²) in [6, 6.07) is 5.33.